The highest BCUT2D eigenvalue weighted by Crippen LogP contribution is 2.61. The molecule has 0 heterocycles. The first-order chi connectivity index (χ1) is 13.0. The predicted octanol–water partition coefficient (Wildman–Crippen LogP) is 5.00. The maximum absolute atomic E-state index is 10.9. The number of aliphatic hydroxyl groups is 1. The van der Waals surface area contributed by atoms with Crippen molar-refractivity contribution in [1.29, 1.82) is 0 Å². The molecule has 5 fully saturated rings. The highest BCUT2D eigenvalue weighted by atomic mass is 16.3. The summed E-state index contributed by atoms with van der Waals surface area (Å²) in [5, 5.41) is 32.0. The van der Waals surface area contributed by atoms with Crippen molar-refractivity contribution in [2.24, 2.45) is 23.7 Å². The lowest BCUT2D eigenvalue weighted by molar-refractivity contribution is -0.00539. The number of rotatable bonds is 3. The second-order valence-electron chi connectivity index (χ2n) is 10.1. The summed E-state index contributed by atoms with van der Waals surface area (Å²) in [7, 11) is 0. The van der Waals surface area contributed by atoms with Gasteiger partial charge in [-0.2, -0.15) is 0 Å². The lowest BCUT2D eigenvalue weighted by atomic mass is 9.48. The van der Waals surface area contributed by atoms with Crippen molar-refractivity contribution in [2.45, 2.75) is 75.2 Å². The van der Waals surface area contributed by atoms with E-state index in [1.165, 1.54) is 38.5 Å². The zero-order valence-electron chi connectivity index (χ0n) is 16.1. The van der Waals surface area contributed by atoms with Crippen LogP contribution in [-0.2, 0) is 5.41 Å². The Morgan fingerprint density at radius 3 is 1.96 bits per heavy atom. The highest BCUT2D eigenvalue weighted by molar-refractivity contribution is 5.52. The standard InChI is InChI=1S/C24H32O3/c1-2-17-3-4-19(25)10-20(17)23-21(26)8-18(9-22(23)27)24-11-14-5-15(12-24)7-16(6-14)13-24/h2,8-9,14-17,19-20,25-27H,1,3-7,10-13H2. The summed E-state index contributed by atoms with van der Waals surface area (Å²) in [6.45, 7) is 3.94. The van der Waals surface area contributed by atoms with Crippen LogP contribution < -0.4 is 0 Å². The lowest BCUT2D eigenvalue weighted by Crippen LogP contribution is -2.48. The molecule has 0 saturated heterocycles. The third kappa shape index (κ3) is 2.81. The predicted molar refractivity (Wildman–Crippen MR) is 106 cm³/mol. The van der Waals surface area contributed by atoms with Gasteiger partial charge in [0.15, 0.2) is 0 Å². The fraction of sp³-hybridized carbons (Fsp3) is 0.667. The van der Waals surface area contributed by atoms with Crippen LogP contribution in [0.1, 0.15) is 74.8 Å². The van der Waals surface area contributed by atoms with Gasteiger partial charge in [0.05, 0.1) is 6.10 Å². The Balaban J connectivity index is 1.51. The molecule has 5 aliphatic rings. The minimum atomic E-state index is -0.368. The van der Waals surface area contributed by atoms with Gasteiger partial charge < -0.3 is 15.3 Å². The summed E-state index contributed by atoms with van der Waals surface area (Å²) in [5.74, 6) is 3.06. The molecule has 0 amide bonds. The van der Waals surface area contributed by atoms with Crippen molar-refractivity contribution in [3.8, 4) is 11.5 Å². The molecule has 3 heteroatoms. The van der Waals surface area contributed by atoms with Gasteiger partial charge in [0, 0.05) is 5.56 Å². The number of allylic oxidation sites excluding steroid dienone is 1. The van der Waals surface area contributed by atoms with Gasteiger partial charge in [-0.15, -0.1) is 6.58 Å². The van der Waals surface area contributed by atoms with E-state index in [1.807, 2.05) is 18.2 Å². The second-order valence-corrected chi connectivity index (χ2v) is 10.1. The molecule has 3 unspecified atom stereocenters. The van der Waals surface area contributed by atoms with Crippen LogP contribution in [-0.4, -0.2) is 21.4 Å². The molecule has 0 radical (unpaired) electrons. The normalized spacial score (nSPS) is 43.0. The first kappa shape index (κ1) is 17.6. The van der Waals surface area contributed by atoms with Crippen molar-refractivity contribution in [3.05, 3.63) is 35.9 Å². The van der Waals surface area contributed by atoms with Crippen molar-refractivity contribution in [3.63, 3.8) is 0 Å². The number of benzene rings is 1. The third-order valence-corrected chi connectivity index (χ3v) is 8.34. The van der Waals surface area contributed by atoms with Crippen LogP contribution >= 0.6 is 0 Å². The second kappa shape index (κ2) is 6.27. The Labute approximate surface area is 162 Å². The molecule has 5 saturated carbocycles. The van der Waals surface area contributed by atoms with Crippen molar-refractivity contribution >= 4 is 0 Å². The van der Waals surface area contributed by atoms with Gasteiger partial charge in [0.2, 0.25) is 0 Å². The minimum Gasteiger partial charge on any atom is -0.508 e. The highest BCUT2D eigenvalue weighted by Gasteiger charge is 2.52. The van der Waals surface area contributed by atoms with Crippen LogP contribution in [0.15, 0.2) is 24.8 Å². The van der Waals surface area contributed by atoms with Gasteiger partial charge in [0.25, 0.3) is 0 Å². The van der Waals surface area contributed by atoms with Crippen LogP contribution in [0.3, 0.4) is 0 Å². The molecule has 0 spiro atoms. The number of hydrogen-bond donors (Lipinski definition) is 3. The molecule has 146 valence electrons. The molecule has 1 aromatic carbocycles. The van der Waals surface area contributed by atoms with E-state index in [9.17, 15) is 15.3 Å². The smallest absolute Gasteiger partial charge is 0.123 e. The molecule has 27 heavy (non-hydrogen) atoms. The van der Waals surface area contributed by atoms with Crippen LogP contribution in [0.2, 0.25) is 0 Å². The topological polar surface area (TPSA) is 60.7 Å². The third-order valence-electron chi connectivity index (χ3n) is 8.34. The molecule has 6 rings (SSSR count). The minimum absolute atomic E-state index is 0.0586. The number of phenolic OH excluding ortho intramolecular Hbond substituents is 2. The molecular weight excluding hydrogens is 336 g/mol. The molecule has 0 aliphatic heterocycles. The zero-order valence-corrected chi connectivity index (χ0v) is 16.1. The fourth-order valence-corrected chi connectivity index (χ4v) is 7.56. The Morgan fingerprint density at radius 2 is 1.44 bits per heavy atom. The summed E-state index contributed by atoms with van der Waals surface area (Å²) in [6, 6.07) is 3.90. The quantitative estimate of drug-likeness (QED) is 0.658. The van der Waals surface area contributed by atoms with E-state index in [1.54, 1.807) is 0 Å². The van der Waals surface area contributed by atoms with E-state index < -0.39 is 0 Å². The first-order valence-electron chi connectivity index (χ1n) is 10.8. The average molecular weight is 369 g/mol. The van der Waals surface area contributed by atoms with E-state index in [2.05, 4.69) is 6.58 Å². The van der Waals surface area contributed by atoms with Crippen LogP contribution in [0.25, 0.3) is 0 Å². The van der Waals surface area contributed by atoms with Gasteiger partial charge in [0.1, 0.15) is 11.5 Å². The van der Waals surface area contributed by atoms with E-state index >= 15 is 0 Å². The Hall–Kier alpha value is -1.48. The zero-order chi connectivity index (χ0) is 18.8. The Kier molecular flexibility index (Phi) is 4.09. The summed E-state index contributed by atoms with van der Waals surface area (Å²) in [5.41, 5.74) is 1.92. The van der Waals surface area contributed by atoms with Crippen LogP contribution in [0, 0.1) is 23.7 Å². The number of hydrogen-bond acceptors (Lipinski definition) is 3. The van der Waals surface area contributed by atoms with Crippen molar-refractivity contribution in [1.82, 2.24) is 0 Å². The number of aromatic hydroxyl groups is 2. The van der Waals surface area contributed by atoms with E-state index in [4.69, 9.17) is 0 Å². The lowest BCUT2D eigenvalue weighted by Gasteiger charge is -2.57. The van der Waals surface area contributed by atoms with Gasteiger partial charge in [-0.1, -0.05) is 6.08 Å². The monoisotopic (exact) mass is 368 g/mol. The SMILES string of the molecule is C=CC1CCC(O)CC1c1c(O)cc(C23CC4CC(CC(C4)C2)C3)cc1O. The molecule has 3 N–H and O–H groups in total. The van der Waals surface area contributed by atoms with Gasteiger partial charge in [-0.05, 0) is 110 Å². The fourth-order valence-electron chi connectivity index (χ4n) is 7.56. The molecule has 3 atom stereocenters. The number of phenols is 2. The summed E-state index contributed by atoms with van der Waals surface area (Å²) in [6.07, 6.45) is 11.6. The summed E-state index contributed by atoms with van der Waals surface area (Å²) < 4.78 is 0. The van der Waals surface area contributed by atoms with Crippen LogP contribution in [0.5, 0.6) is 11.5 Å². The summed E-state index contributed by atoms with van der Waals surface area (Å²) >= 11 is 0. The van der Waals surface area contributed by atoms with Gasteiger partial charge >= 0.3 is 0 Å². The molecule has 1 aromatic rings. The van der Waals surface area contributed by atoms with Crippen molar-refractivity contribution < 1.29 is 15.3 Å². The van der Waals surface area contributed by atoms with Crippen molar-refractivity contribution in [2.75, 3.05) is 0 Å². The Morgan fingerprint density at radius 1 is 0.889 bits per heavy atom. The molecule has 0 aromatic heterocycles. The van der Waals surface area contributed by atoms with E-state index in [-0.39, 0.29) is 34.9 Å². The largest absolute Gasteiger partial charge is 0.508 e. The molecule has 3 nitrogen and oxygen atoms in total. The molecule has 4 bridgehead atoms. The molecular formula is C24H32O3. The van der Waals surface area contributed by atoms with Crippen LogP contribution in [0.4, 0.5) is 0 Å². The van der Waals surface area contributed by atoms with Gasteiger partial charge in [-0.25, -0.2) is 0 Å². The van der Waals surface area contributed by atoms with E-state index in [0.29, 0.717) is 12.0 Å². The maximum Gasteiger partial charge on any atom is 0.123 e. The number of aliphatic hydroxyl groups excluding tert-OH is 1. The first-order valence-corrected chi connectivity index (χ1v) is 10.8. The van der Waals surface area contributed by atoms with E-state index in [0.717, 1.165) is 36.2 Å². The molecule has 5 aliphatic carbocycles. The maximum atomic E-state index is 10.9. The summed E-state index contributed by atoms with van der Waals surface area (Å²) in [4.78, 5) is 0. The van der Waals surface area contributed by atoms with Gasteiger partial charge in [-0.3, -0.25) is 0 Å². The Bertz CT molecular complexity index is 694. The average Bonchev–Trinajstić information content (AvgIpc) is 2.60.